The van der Waals surface area contributed by atoms with Gasteiger partial charge >= 0.3 is 0 Å². The second-order valence-electron chi connectivity index (χ2n) is 3.50. The van der Waals surface area contributed by atoms with Crippen LogP contribution in [0.2, 0.25) is 0 Å². The van der Waals surface area contributed by atoms with E-state index < -0.39 is 0 Å². The van der Waals surface area contributed by atoms with Crippen molar-refractivity contribution in [1.29, 1.82) is 0 Å². The fourth-order valence-corrected chi connectivity index (χ4v) is 1.24. The molecule has 78 valence electrons. The molecule has 0 amide bonds. The molecule has 1 unspecified atom stereocenters. The van der Waals surface area contributed by atoms with Gasteiger partial charge in [0.25, 0.3) is 0 Å². The van der Waals surface area contributed by atoms with Crippen LogP contribution in [0.4, 0.5) is 0 Å². The molecule has 1 N–H and O–H groups in total. The molecule has 0 heterocycles. The van der Waals surface area contributed by atoms with E-state index in [2.05, 4.69) is 6.92 Å². The van der Waals surface area contributed by atoms with Crippen LogP contribution in [-0.2, 0) is 0 Å². The number of aliphatic hydroxyl groups excluding tert-OH is 1. The zero-order chi connectivity index (χ0) is 10.4. The van der Waals surface area contributed by atoms with Crippen molar-refractivity contribution >= 4 is 0 Å². The first-order valence-corrected chi connectivity index (χ1v) is 5.11. The van der Waals surface area contributed by atoms with Gasteiger partial charge in [-0.2, -0.15) is 0 Å². The fraction of sp³-hybridized carbons (Fsp3) is 0.500. The summed E-state index contributed by atoms with van der Waals surface area (Å²) >= 11 is 0. The van der Waals surface area contributed by atoms with Gasteiger partial charge in [-0.05, 0) is 24.1 Å². The molecule has 0 aliphatic heterocycles. The van der Waals surface area contributed by atoms with E-state index in [1.807, 2.05) is 31.2 Å². The molecule has 1 rings (SSSR count). The van der Waals surface area contributed by atoms with Gasteiger partial charge in [-0.3, -0.25) is 0 Å². The molecule has 0 aliphatic carbocycles. The molecule has 0 spiro atoms. The van der Waals surface area contributed by atoms with Crippen LogP contribution in [0.15, 0.2) is 24.3 Å². The minimum Gasteiger partial charge on any atom is -0.494 e. The Morgan fingerprint density at radius 3 is 2.86 bits per heavy atom. The molecule has 14 heavy (non-hydrogen) atoms. The highest BCUT2D eigenvalue weighted by molar-refractivity contribution is 5.30. The quantitative estimate of drug-likeness (QED) is 0.780. The summed E-state index contributed by atoms with van der Waals surface area (Å²) in [6, 6.07) is 7.92. The SMILES string of the molecule is CCCOc1cccc(C(C)CO)c1. The van der Waals surface area contributed by atoms with Crippen LogP contribution in [0, 0.1) is 0 Å². The number of ether oxygens (including phenoxy) is 1. The van der Waals surface area contributed by atoms with Crippen LogP contribution in [0.5, 0.6) is 5.75 Å². The van der Waals surface area contributed by atoms with Gasteiger partial charge in [-0.1, -0.05) is 26.0 Å². The number of rotatable bonds is 5. The summed E-state index contributed by atoms with van der Waals surface area (Å²) in [6.07, 6.45) is 1.01. The van der Waals surface area contributed by atoms with Crippen molar-refractivity contribution in [2.24, 2.45) is 0 Å². The molecule has 0 fully saturated rings. The molecule has 1 atom stereocenters. The van der Waals surface area contributed by atoms with E-state index in [4.69, 9.17) is 9.84 Å². The first kappa shape index (κ1) is 11.1. The molecular weight excluding hydrogens is 176 g/mol. The zero-order valence-electron chi connectivity index (χ0n) is 8.86. The maximum absolute atomic E-state index is 9.01. The average molecular weight is 194 g/mol. The Balaban J connectivity index is 2.68. The van der Waals surface area contributed by atoms with Gasteiger partial charge in [0.2, 0.25) is 0 Å². The third kappa shape index (κ3) is 3.04. The Hall–Kier alpha value is -1.02. The fourth-order valence-electron chi connectivity index (χ4n) is 1.24. The monoisotopic (exact) mass is 194 g/mol. The first-order valence-electron chi connectivity index (χ1n) is 5.11. The summed E-state index contributed by atoms with van der Waals surface area (Å²) < 4.78 is 5.51. The minimum atomic E-state index is 0.178. The smallest absolute Gasteiger partial charge is 0.119 e. The highest BCUT2D eigenvalue weighted by Gasteiger charge is 2.04. The van der Waals surface area contributed by atoms with Gasteiger partial charge in [-0.25, -0.2) is 0 Å². The first-order chi connectivity index (χ1) is 6.77. The predicted octanol–water partition coefficient (Wildman–Crippen LogP) is 2.57. The van der Waals surface area contributed by atoms with Gasteiger partial charge in [0.05, 0.1) is 6.61 Å². The third-order valence-electron chi connectivity index (χ3n) is 2.17. The van der Waals surface area contributed by atoms with E-state index in [1.54, 1.807) is 0 Å². The van der Waals surface area contributed by atoms with E-state index in [1.165, 1.54) is 0 Å². The molecule has 0 bridgehead atoms. The van der Waals surface area contributed by atoms with E-state index in [0.717, 1.165) is 24.3 Å². The number of benzene rings is 1. The number of hydrogen-bond donors (Lipinski definition) is 1. The predicted molar refractivity (Wildman–Crippen MR) is 57.7 cm³/mol. The lowest BCUT2D eigenvalue weighted by atomic mass is 10.0. The lowest BCUT2D eigenvalue weighted by Crippen LogP contribution is -2.00. The molecular formula is C12H18O2. The number of aliphatic hydroxyl groups is 1. The van der Waals surface area contributed by atoms with Crippen LogP contribution in [0.3, 0.4) is 0 Å². The summed E-state index contributed by atoms with van der Waals surface area (Å²) in [4.78, 5) is 0. The van der Waals surface area contributed by atoms with Crippen molar-refractivity contribution < 1.29 is 9.84 Å². The molecule has 1 aromatic rings. The lowest BCUT2D eigenvalue weighted by molar-refractivity contribution is 0.272. The molecule has 1 aromatic carbocycles. The lowest BCUT2D eigenvalue weighted by Gasteiger charge is -2.10. The molecule has 2 heteroatoms. The molecule has 0 aromatic heterocycles. The van der Waals surface area contributed by atoms with E-state index in [-0.39, 0.29) is 12.5 Å². The summed E-state index contributed by atoms with van der Waals surface area (Å²) in [6.45, 7) is 5.01. The average Bonchev–Trinajstić information content (AvgIpc) is 2.25. The molecule has 2 nitrogen and oxygen atoms in total. The Kier molecular flexibility index (Phi) is 4.47. The van der Waals surface area contributed by atoms with Crippen LogP contribution < -0.4 is 4.74 Å². The van der Waals surface area contributed by atoms with Crippen molar-refractivity contribution in [2.45, 2.75) is 26.2 Å². The highest BCUT2D eigenvalue weighted by atomic mass is 16.5. The maximum Gasteiger partial charge on any atom is 0.119 e. The van der Waals surface area contributed by atoms with Gasteiger partial charge < -0.3 is 9.84 Å². The summed E-state index contributed by atoms with van der Waals surface area (Å²) in [5, 5.41) is 9.01. The normalized spacial score (nSPS) is 12.5. The molecule has 0 saturated heterocycles. The van der Waals surface area contributed by atoms with Crippen LogP contribution in [0.1, 0.15) is 31.7 Å². The Labute approximate surface area is 85.5 Å². The summed E-state index contributed by atoms with van der Waals surface area (Å²) in [7, 11) is 0. The van der Waals surface area contributed by atoms with Crippen LogP contribution in [0.25, 0.3) is 0 Å². The summed E-state index contributed by atoms with van der Waals surface area (Å²) in [5.41, 5.74) is 1.13. The third-order valence-corrected chi connectivity index (χ3v) is 2.17. The second-order valence-corrected chi connectivity index (χ2v) is 3.50. The Morgan fingerprint density at radius 1 is 1.43 bits per heavy atom. The zero-order valence-corrected chi connectivity index (χ0v) is 8.86. The van der Waals surface area contributed by atoms with E-state index >= 15 is 0 Å². The molecule has 0 saturated carbocycles. The van der Waals surface area contributed by atoms with E-state index in [0.29, 0.717) is 0 Å². The van der Waals surface area contributed by atoms with Gasteiger partial charge in [0.15, 0.2) is 0 Å². The molecule has 0 aliphatic rings. The van der Waals surface area contributed by atoms with E-state index in [9.17, 15) is 0 Å². The van der Waals surface area contributed by atoms with Crippen molar-refractivity contribution in [3.05, 3.63) is 29.8 Å². The minimum absolute atomic E-state index is 0.178. The van der Waals surface area contributed by atoms with Crippen LogP contribution >= 0.6 is 0 Å². The van der Waals surface area contributed by atoms with Gasteiger partial charge in [-0.15, -0.1) is 0 Å². The highest BCUT2D eigenvalue weighted by Crippen LogP contribution is 2.20. The van der Waals surface area contributed by atoms with Crippen molar-refractivity contribution in [2.75, 3.05) is 13.2 Å². The number of hydrogen-bond acceptors (Lipinski definition) is 2. The maximum atomic E-state index is 9.01. The van der Waals surface area contributed by atoms with Crippen molar-refractivity contribution in [3.63, 3.8) is 0 Å². The van der Waals surface area contributed by atoms with Crippen molar-refractivity contribution in [3.8, 4) is 5.75 Å². The Morgan fingerprint density at radius 2 is 2.21 bits per heavy atom. The van der Waals surface area contributed by atoms with Gasteiger partial charge in [0, 0.05) is 12.5 Å². The van der Waals surface area contributed by atoms with Crippen LogP contribution in [-0.4, -0.2) is 18.3 Å². The topological polar surface area (TPSA) is 29.5 Å². The largest absolute Gasteiger partial charge is 0.494 e. The standard InChI is InChI=1S/C12H18O2/c1-3-7-14-12-6-4-5-11(8-12)10(2)9-13/h4-6,8,10,13H,3,7,9H2,1-2H3. The molecule has 0 radical (unpaired) electrons. The van der Waals surface area contributed by atoms with Crippen molar-refractivity contribution in [1.82, 2.24) is 0 Å². The summed E-state index contributed by atoms with van der Waals surface area (Å²) in [5.74, 6) is 1.07. The second kappa shape index (κ2) is 5.66. The van der Waals surface area contributed by atoms with Gasteiger partial charge in [0.1, 0.15) is 5.75 Å². The Bertz CT molecular complexity index is 271.